The highest BCUT2D eigenvalue weighted by Gasteiger charge is 2.12. The minimum Gasteiger partial charge on any atom is -0.381 e. The Balaban J connectivity index is 2.09. The lowest BCUT2D eigenvalue weighted by Crippen LogP contribution is -2.00. The van der Waals surface area contributed by atoms with Crippen LogP contribution in [-0.2, 0) is 6.54 Å². The zero-order chi connectivity index (χ0) is 13.8. The smallest absolute Gasteiger partial charge is 0.288 e. The van der Waals surface area contributed by atoms with Crippen LogP contribution in [0.1, 0.15) is 5.56 Å². The number of halogens is 2. The number of nitro groups is 1. The van der Waals surface area contributed by atoms with Crippen LogP contribution in [0.3, 0.4) is 0 Å². The van der Waals surface area contributed by atoms with Gasteiger partial charge in [0.15, 0.2) is 0 Å². The summed E-state index contributed by atoms with van der Waals surface area (Å²) in [6.45, 7) is 0.393. The number of hydrogen-bond acceptors (Lipinski definition) is 3. The van der Waals surface area contributed by atoms with E-state index in [0.717, 1.165) is 11.3 Å². The van der Waals surface area contributed by atoms with Crippen LogP contribution in [0.2, 0.25) is 5.02 Å². The van der Waals surface area contributed by atoms with Crippen LogP contribution in [0, 0.1) is 15.9 Å². The predicted octanol–water partition coefficient (Wildman–Crippen LogP) is 4.00. The predicted molar refractivity (Wildman–Crippen MR) is 71.8 cm³/mol. The molecule has 0 unspecified atom stereocenters. The van der Waals surface area contributed by atoms with E-state index in [1.165, 1.54) is 24.3 Å². The first-order chi connectivity index (χ1) is 9.06. The summed E-state index contributed by atoms with van der Waals surface area (Å²) in [6.07, 6.45) is 0. The number of nitro benzene ring substituents is 1. The van der Waals surface area contributed by atoms with E-state index in [1.54, 1.807) is 18.2 Å². The summed E-state index contributed by atoms with van der Waals surface area (Å²) < 4.78 is 12.7. The van der Waals surface area contributed by atoms with Crippen LogP contribution in [-0.4, -0.2) is 4.92 Å². The summed E-state index contributed by atoms with van der Waals surface area (Å²) in [5, 5.41) is 13.9. The molecule has 0 saturated carbocycles. The Bertz CT molecular complexity index is 602. The number of nitrogens with one attached hydrogen (secondary N) is 1. The second kappa shape index (κ2) is 5.67. The van der Waals surface area contributed by atoms with Crippen LogP contribution in [0.4, 0.5) is 15.8 Å². The average Bonchev–Trinajstić information content (AvgIpc) is 2.39. The molecule has 0 fully saturated rings. The highest BCUT2D eigenvalue weighted by Crippen LogP contribution is 2.25. The first-order valence-electron chi connectivity index (χ1n) is 5.48. The van der Waals surface area contributed by atoms with Crippen LogP contribution < -0.4 is 5.32 Å². The second-order valence-electron chi connectivity index (χ2n) is 3.90. The molecule has 2 rings (SSSR count). The second-order valence-corrected chi connectivity index (χ2v) is 4.31. The Morgan fingerprint density at radius 2 is 1.89 bits per heavy atom. The SMILES string of the molecule is O=[N+]([O-])c1cc(CNc2ccc(F)cc2)ccc1Cl. The Morgan fingerprint density at radius 3 is 2.53 bits per heavy atom. The standard InChI is InChI=1S/C13H10ClFN2O2/c14-12-6-1-9(7-13(12)17(18)19)8-16-11-4-2-10(15)3-5-11/h1-7,16H,8H2. The topological polar surface area (TPSA) is 55.2 Å². The van der Waals surface area contributed by atoms with Crippen LogP contribution in [0.25, 0.3) is 0 Å². The molecule has 0 aliphatic heterocycles. The van der Waals surface area contributed by atoms with E-state index in [9.17, 15) is 14.5 Å². The largest absolute Gasteiger partial charge is 0.381 e. The van der Waals surface area contributed by atoms with Gasteiger partial charge >= 0.3 is 0 Å². The number of hydrogen-bond donors (Lipinski definition) is 1. The van der Waals surface area contributed by atoms with E-state index >= 15 is 0 Å². The summed E-state index contributed by atoms with van der Waals surface area (Å²) in [4.78, 5) is 10.2. The van der Waals surface area contributed by atoms with Gasteiger partial charge in [-0.05, 0) is 35.9 Å². The van der Waals surface area contributed by atoms with Crippen molar-refractivity contribution in [2.45, 2.75) is 6.54 Å². The molecule has 0 amide bonds. The molecule has 0 radical (unpaired) electrons. The van der Waals surface area contributed by atoms with Crippen molar-refractivity contribution in [3.63, 3.8) is 0 Å². The number of benzene rings is 2. The quantitative estimate of drug-likeness (QED) is 0.680. The van der Waals surface area contributed by atoms with Crippen molar-refractivity contribution < 1.29 is 9.31 Å². The van der Waals surface area contributed by atoms with Gasteiger partial charge in [-0.25, -0.2) is 4.39 Å². The maximum Gasteiger partial charge on any atom is 0.288 e. The average molecular weight is 281 g/mol. The molecule has 0 aliphatic carbocycles. The van der Waals surface area contributed by atoms with Gasteiger partial charge in [-0.3, -0.25) is 10.1 Å². The van der Waals surface area contributed by atoms with Crippen LogP contribution >= 0.6 is 11.6 Å². The fourth-order valence-electron chi connectivity index (χ4n) is 1.58. The first-order valence-corrected chi connectivity index (χ1v) is 5.86. The Hall–Kier alpha value is -2.14. The molecule has 19 heavy (non-hydrogen) atoms. The lowest BCUT2D eigenvalue weighted by molar-refractivity contribution is -0.384. The van der Waals surface area contributed by atoms with Gasteiger partial charge in [0, 0.05) is 18.3 Å². The van der Waals surface area contributed by atoms with Crippen LogP contribution in [0.15, 0.2) is 42.5 Å². The van der Waals surface area contributed by atoms with Crippen molar-refractivity contribution in [2.75, 3.05) is 5.32 Å². The molecule has 0 aromatic heterocycles. The Labute approximate surface area is 114 Å². The zero-order valence-corrected chi connectivity index (χ0v) is 10.5. The van der Waals surface area contributed by atoms with Gasteiger partial charge in [0.2, 0.25) is 0 Å². The summed E-state index contributed by atoms with van der Waals surface area (Å²) in [5.41, 5.74) is 1.33. The van der Waals surface area contributed by atoms with Crippen molar-refractivity contribution in [3.05, 3.63) is 69.0 Å². The highest BCUT2D eigenvalue weighted by atomic mass is 35.5. The summed E-state index contributed by atoms with van der Waals surface area (Å²) >= 11 is 5.72. The van der Waals surface area contributed by atoms with Crippen molar-refractivity contribution in [1.29, 1.82) is 0 Å². The molecule has 4 nitrogen and oxygen atoms in total. The third kappa shape index (κ3) is 3.42. The molecule has 0 aliphatic rings. The van der Waals surface area contributed by atoms with E-state index in [1.807, 2.05) is 0 Å². The van der Waals surface area contributed by atoms with Gasteiger partial charge in [0.1, 0.15) is 10.8 Å². The van der Waals surface area contributed by atoms with Gasteiger partial charge in [0.25, 0.3) is 5.69 Å². The van der Waals surface area contributed by atoms with Gasteiger partial charge in [-0.1, -0.05) is 17.7 Å². The molecular weight excluding hydrogens is 271 g/mol. The molecule has 98 valence electrons. The van der Waals surface area contributed by atoms with Crippen LogP contribution in [0.5, 0.6) is 0 Å². The molecule has 0 spiro atoms. The minimum absolute atomic E-state index is 0.107. The van der Waals surface area contributed by atoms with E-state index < -0.39 is 4.92 Å². The number of rotatable bonds is 4. The van der Waals surface area contributed by atoms with Crippen molar-refractivity contribution >= 4 is 23.0 Å². The summed E-state index contributed by atoms with van der Waals surface area (Å²) in [5.74, 6) is -0.312. The number of nitrogens with zero attached hydrogens (tertiary/aromatic N) is 1. The zero-order valence-electron chi connectivity index (χ0n) is 9.77. The third-order valence-electron chi connectivity index (χ3n) is 2.55. The molecule has 1 N–H and O–H groups in total. The van der Waals surface area contributed by atoms with E-state index in [4.69, 9.17) is 11.6 Å². The molecule has 0 bridgehead atoms. The summed E-state index contributed by atoms with van der Waals surface area (Å²) in [7, 11) is 0. The lowest BCUT2D eigenvalue weighted by atomic mass is 10.2. The summed E-state index contributed by atoms with van der Waals surface area (Å²) in [6, 6.07) is 10.5. The van der Waals surface area contributed by atoms with Gasteiger partial charge < -0.3 is 5.32 Å². The van der Waals surface area contributed by atoms with Gasteiger partial charge in [-0.15, -0.1) is 0 Å². The third-order valence-corrected chi connectivity index (χ3v) is 2.87. The molecule has 2 aromatic rings. The minimum atomic E-state index is -0.524. The molecule has 2 aromatic carbocycles. The maximum absolute atomic E-state index is 12.7. The fourth-order valence-corrected chi connectivity index (χ4v) is 1.77. The molecule has 0 heterocycles. The number of anilines is 1. The maximum atomic E-state index is 12.7. The van der Waals surface area contributed by atoms with Gasteiger partial charge in [0.05, 0.1) is 4.92 Å². The van der Waals surface area contributed by atoms with E-state index in [0.29, 0.717) is 6.54 Å². The first kappa shape index (κ1) is 13.3. The van der Waals surface area contributed by atoms with Crippen molar-refractivity contribution in [2.24, 2.45) is 0 Å². The van der Waals surface area contributed by atoms with Crippen molar-refractivity contribution in [1.82, 2.24) is 0 Å². The lowest BCUT2D eigenvalue weighted by Gasteiger charge is -2.06. The Kier molecular flexibility index (Phi) is 3.97. The molecule has 6 heteroatoms. The molecule has 0 saturated heterocycles. The Morgan fingerprint density at radius 1 is 1.21 bits per heavy atom. The van der Waals surface area contributed by atoms with Crippen molar-refractivity contribution in [3.8, 4) is 0 Å². The fraction of sp³-hybridized carbons (Fsp3) is 0.0769. The van der Waals surface area contributed by atoms with E-state index in [-0.39, 0.29) is 16.5 Å². The highest BCUT2D eigenvalue weighted by molar-refractivity contribution is 6.32. The van der Waals surface area contributed by atoms with Gasteiger partial charge in [-0.2, -0.15) is 0 Å². The molecule has 0 atom stereocenters. The molecular formula is C13H10ClFN2O2. The monoisotopic (exact) mass is 280 g/mol. The van der Waals surface area contributed by atoms with E-state index in [2.05, 4.69) is 5.32 Å². The normalized spacial score (nSPS) is 10.2.